The van der Waals surface area contributed by atoms with E-state index < -0.39 is 17.6 Å². The predicted octanol–water partition coefficient (Wildman–Crippen LogP) is 3.10. The largest absolute Gasteiger partial charge is 0.416 e. The smallest absolute Gasteiger partial charge is 0.354 e. The lowest BCUT2D eigenvalue weighted by atomic mass is 10.1. The Kier molecular flexibility index (Phi) is 5.13. The van der Waals surface area contributed by atoms with Gasteiger partial charge in [0, 0.05) is 43.6 Å². The van der Waals surface area contributed by atoms with Crippen molar-refractivity contribution >= 4 is 17.4 Å². The highest BCUT2D eigenvalue weighted by atomic mass is 19.4. The lowest BCUT2D eigenvalue weighted by Gasteiger charge is -2.33. The first-order valence-corrected chi connectivity index (χ1v) is 8.21. The number of anilines is 2. The van der Waals surface area contributed by atoms with E-state index in [-0.39, 0.29) is 5.69 Å². The molecule has 2 aromatic rings. The van der Waals surface area contributed by atoms with Crippen LogP contribution in [-0.4, -0.2) is 49.0 Å². The molecular weight excluding hydrogens is 345 g/mol. The Bertz CT molecular complexity index is 786. The van der Waals surface area contributed by atoms with E-state index >= 15 is 0 Å². The lowest BCUT2D eigenvalue weighted by Crippen LogP contribution is -2.44. The van der Waals surface area contributed by atoms with E-state index in [2.05, 4.69) is 20.1 Å². The number of pyridine rings is 1. The summed E-state index contributed by atoms with van der Waals surface area (Å²) in [4.78, 5) is 21.0. The highest BCUT2D eigenvalue weighted by molar-refractivity contribution is 6.04. The molecule has 1 aromatic carbocycles. The van der Waals surface area contributed by atoms with Crippen molar-refractivity contribution in [3.05, 3.63) is 53.7 Å². The van der Waals surface area contributed by atoms with E-state index in [1.165, 1.54) is 18.3 Å². The van der Waals surface area contributed by atoms with Crippen molar-refractivity contribution in [3.8, 4) is 0 Å². The third kappa shape index (κ3) is 4.32. The number of hydrogen-bond acceptors (Lipinski definition) is 4. The number of carbonyl (C=O) groups excluding carboxylic acids is 1. The maximum Gasteiger partial charge on any atom is 0.416 e. The van der Waals surface area contributed by atoms with Crippen LogP contribution in [0, 0.1) is 0 Å². The molecule has 1 aromatic heterocycles. The number of rotatable bonds is 3. The fourth-order valence-electron chi connectivity index (χ4n) is 2.74. The molecule has 0 spiro atoms. The van der Waals surface area contributed by atoms with Crippen molar-refractivity contribution < 1.29 is 18.0 Å². The Balaban J connectivity index is 1.73. The molecule has 1 saturated heterocycles. The van der Waals surface area contributed by atoms with Gasteiger partial charge in [-0.05, 0) is 37.4 Å². The summed E-state index contributed by atoms with van der Waals surface area (Å²) in [6, 6.07) is 7.78. The van der Waals surface area contributed by atoms with Gasteiger partial charge in [-0.3, -0.25) is 4.79 Å². The molecule has 0 bridgehead atoms. The van der Waals surface area contributed by atoms with E-state index in [4.69, 9.17) is 0 Å². The number of amides is 1. The van der Waals surface area contributed by atoms with Gasteiger partial charge >= 0.3 is 6.18 Å². The Labute approximate surface area is 149 Å². The summed E-state index contributed by atoms with van der Waals surface area (Å²) in [6.07, 6.45) is -2.92. The highest BCUT2D eigenvalue weighted by Crippen LogP contribution is 2.30. The monoisotopic (exact) mass is 364 g/mol. The fourth-order valence-corrected chi connectivity index (χ4v) is 2.74. The molecule has 1 fully saturated rings. The van der Waals surface area contributed by atoms with Crippen molar-refractivity contribution in [1.82, 2.24) is 9.88 Å². The molecule has 1 aliphatic heterocycles. The summed E-state index contributed by atoms with van der Waals surface area (Å²) >= 11 is 0. The van der Waals surface area contributed by atoms with Crippen LogP contribution < -0.4 is 10.2 Å². The molecule has 0 atom stereocenters. The lowest BCUT2D eigenvalue weighted by molar-refractivity contribution is -0.137. The van der Waals surface area contributed by atoms with Crippen molar-refractivity contribution in [1.29, 1.82) is 0 Å². The molecule has 0 aliphatic carbocycles. The van der Waals surface area contributed by atoms with E-state index in [0.717, 1.165) is 38.3 Å². The molecule has 3 rings (SSSR count). The van der Waals surface area contributed by atoms with Gasteiger partial charge in [0.1, 0.15) is 5.82 Å². The zero-order valence-corrected chi connectivity index (χ0v) is 14.3. The van der Waals surface area contributed by atoms with Crippen molar-refractivity contribution in [2.45, 2.75) is 6.18 Å². The number of piperazine rings is 1. The van der Waals surface area contributed by atoms with Gasteiger partial charge in [-0.2, -0.15) is 13.2 Å². The molecule has 1 N–H and O–H groups in total. The maximum absolute atomic E-state index is 12.8. The molecule has 26 heavy (non-hydrogen) atoms. The van der Waals surface area contributed by atoms with Gasteiger partial charge in [-0.1, -0.05) is 6.07 Å². The Morgan fingerprint density at radius 3 is 2.54 bits per heavy atom. The topological polar surface area (TPSA) is 48.5 Å². The van der Waals surface area contributed by atoms with Crippen molar-refractivity contribution in [2.24, 2.45) is 0 Å². The SMILES string of the molecule is CN1CCN(c2cc(C(=O)Nc3cccc(C(F)(F)F)c3)ccn2)CC1. The second kappa shape index (κ2) is 7.33. The van der Waals surface area contributed by atoms with Gasteiger partial charge in [-0.15, -0.1) is 0 Å². The Morgan fingerprint density at radius 2 is 1.85 bits per heavy atom. The minimum Gasteiger partial charge on any atom is -0.354 e. The highest BCUT2D eigenvalue weighted by Gasteiger charge is 2.30. The average molecular weight is 364 g/mol. The molecule has 0 unspecified atom stereocenters. The van der Waals surface area contributed by atoms with Crippen LogP contribution in [0.2, 0.25) is 0 Å². The summed E-state index contributed by atoms with van der Waals surface area (Å²) < 4.78 is 38.4. The van der Waals surface area contributed by atoms with Crippen LogP contribution in [0.3, 0.4) is 0 Å². The second-order valence-corrected chi connectivity index (χ2v) is 6.23. The van der Waals surface area contributed by atoms with E-state index in [0.29, 0.717) is 11.4 Å². The van der Waals surface area contributed by atoms with E-state index in [1.807, 2.05) is 7.05 Å². The molecule has 0 saturated carbocycles. The molecule has 1 amide bonds. The number of halogens is 3. The first-order chi connectivity index (χ1) is 12.3. The maximum atomic E-state index is 12.8. The van der Waals surface area contributed by atoms with Gasteiger partial charge in [-0.25, -0.2) is 4.98 Å². The average Bonchev–Trinajstić information content (AvgIpc) is 2.62. The summed E-state index contributed by atoms with van der Waals surface area (Å²) in [5.74, 6) is 0.219. The first kappa shape index (κ1) is 18.2. The summed E-state index contributed by atoms with van der Waals surface area (Å²) in [5.41, 5.74) is -0.350. The van der Waals surface area contributed by atoms with Crippen LogP contribution >= 0.6 is 0 Å². The molecule has 0 radical (unpaired) electrons. The molecule has 2 heterocycles. The van der Waals surface area contributed by atoms with Crippen LogP contribution in [0.25, 0.3) is 0 Å². The van der Waals surface area contributed by atoms with Crippen LogP contribution in [0.4, 0.5) is 24.7 Å². The van der Waals surface area contributed by atoms with Crippen LogP contribution in [0.5, 0.6) is 0 Å². The van der Waals surface area contributed by atoms with Gasteiger partial charge in [0.2, 0.25) is 0 Å². The third-order valence-electron chi connectivity index (χ3n) is 4.28. The predicted molar refractivity (Wildman–Crippen MR) is 93.3 cm³/mol. The summed E-state index contributed by atoms with van der Waals surface area (Å²) in [5, 5.41) is 2.51. The fraction of sp³-hybridized carbons (Fsp3) is 0.333. The number of likely N-dealkylation sites (N-methyl/N-ethyl adjacent to an activating group) is 1. The second-order valence-electron chi connectivity index (χ2n) is 6.23. The van der Waals surface area contributed by atoms with Gasteiger partial charge < -0.3 is 15.1 Å². The first-order valence-electron chi connectivity index (χ1n) is 8.21. The minimum absolute atomic E-state index is 0.0998. The number of nitrogens with one attached hydrogen (secondary N) is 1. The van der Waals surface area contributed by atoms with Crippen molar-refractivity contribution in [2.75, 3.05) is 43.4 Å². The van der Waals surface area contributed by atoms with Gasteiger partial charge in [0.05, 0.1) is 5.56 Å². The molecule has 138 valence electrons. The summed E-state index contributed by atoms with van der Waals surface area (Å²) in [6.45, 7) is 3.43. The Hall–Kier alpha value is -2.61. The zero-order chi connectivity index (χ0) is 18.7. The summed E-state index contributed by atoms with van der Waals surface area (Å²) in [7, 11) is 2.05. The Morgan fingerprint density at radius 1 is 1.12 bits per heavy atom. The molecule has 5 nitrogen and oxygen atoms in total. The van der Waals surface area contributed by atoms with Crippen LogP contribution in [-0.2, 0) is 6.18 Å². The molecule has 1 aliphatic rings. The van der Waals surface area contributed by atoms with Crippen LogP contribution in [0.1, 0.15) is 15.9 Å². The van der Waals surface area contributed by atoms with Gasteiger partial charge in [0.25, 0.3) is 5.91 Å². The number of carbonyl (C=O) groups is 1. The zero-order valence-electron chi connectivity index (χ0n) is 14.3. The number of hydrogen-bond donors (Lipinski definition) is 1. The number of nitrogens with zero attached hydrogens (tertiary/aromatic N) is 3. The van der Waals surface area contributed by atoms with Crippen molar-refractivity contribution in [3.63, 3.8) is 0 Å². The number of aromatic nitrogens is 1. The molecule has 8 heteroatoms. The molecular formula is C18H19F3N4O. The van der Waals surface area contributed by atoms with Gasteiger partial charge in [0.15, 0.2) is 0 Å². The standard InChI is InChI=1S/C18H19F3N4O/c1-24-7-9-25(10-8-24)16-11-13(5-6-22-16)17(26)23-15-4-2-3-14(12-15)18(19,20)21/h2-6,11-12H,7-10H2,1H3,(H,23,26). The normalized spacial score (nSPS) is 15.8. The number of alkyl halides is 3. The minimum atomic E-state index is -4.45. The third-order valence-corrected chi connectivity index (χ3v) is 4.28. The van der Waals surface area contributed by atoms with E-state index in [1.54, 1.807) is 12.1 Å². The quantitative estimate of drug-likeness (QED) is 0.909. The van der Waals surface area contributed by atoms with Crippen LogP contribution in [0.15, 0.2) is 42.6 Å². The number of benzene rings is 1. The van der Waals surface area contributed by atoms with E-state index in [9.17, 15) is 18.0 Å².